The zero-order valence-corrected chi connectivity index (χ0v) is 14.3. The Kier molecular flexibility index (Phi) is 4.20. The molecule has 1 atom stereocenters. The molecule has 1 aromatic carbocycles. The summed E-state index contributed by atoms with van der Waals surface area (Å²) in [5.74, 6) is -0.105. The van der Waals surface area contributed by atoms with Crippen LogP contribution < -0.4 is 5.32 Å². The topological polar surface area (TPSA) is 64.7 Å². The van der Waals surface area contributed by atoms with Crippen molar-refractivity contribution in [2.24, 2.45) is 7.05 Å². The smallest absolute Gasteiger partial charge is 0.251 e. The van der Waals surface area contributed by atoms with Crippen LogP contribution in [0.2, 0.25) is 0 Å². The molecule has 2 heterocycles. The van der Waals surface area contributed by atoms with E-state index in [0.717, 1.165) is 22.6 Å². The largest absolute Gasteiger partial charge is 0.345 e. The van der Waals surface area contributed by atoms with E-state index >= 15 is 0 Å². The van der Waals surface area contributed by atoms with E-state index < -0.39 is 0 Å². The fourth-order valence-electron chi connectivity index (χ4n) is 2.99. The van der Waals surface area contributed by atoms with Gasteiger partial charge in [-0.25, -0.2) is 4.98 Å². The standard InChI is InChI=1S/C18H21N5O/c1-12(17-13(2)21-22(4)14(17)3)20-18(24)15-6-5-7-16(10-15)23-9-8-19-11-23/h5-12H,1-4H3,(H,20,24)/t12-/m0/s1. The molecule has 1 amide bonds. The van der Waals surface area contributed by atoms with Crippen molar-refractivity contribution in [3.8, 4) is 5.69 Å². The van der Waals surface area contributed by atoms with Crippen molar-refractivity contribution in [3.63, 3.8) is 0 Å². The average Bonchev–Trinajstić information content (AvgIpc) is 3.16. The minimum absolute atomic E-state index is 0.105. The maximum absolute atomic E-state index is 12.6. The second-order valence-corrected chi connectivity index (χ2v) is 5.92. The van der Waals surface area contributed by atoms with Gasteiger partial charge in [0.25, 0.3) is 5.91 Å². The van der Waals surface area contributed by atoms with Crippen LogP contribution in [0, 0.1) is 13.8 Å². The number of rotatable bonds is 4. The fraction of sp³-hybridized carbons (Fsp3) is 0.278. The molecule has 6 nitrogen and oxygen atoms in total. The molecule has 0 radical (unpaired) electrons. The first-order valence-corrected chi connectivity index (χ1v) is 7.86. The van der Waals surface area contributed by atoms with Crippen molar-refractivity contribution >= 4 is 5.91 Å². The summed E-state index contributed by atoms with van der Waals surface area (Å²) in [5, 5.41) is 7.48. The summed E-state index contributed by atoms with van der Waals surface area (Å²) in [5.41, 5.74) is 4.59. The van der Waals surface area contributed by atoms with Crippen molar-refractivity contribution in [2.75, 3.05) is 0 Å². The monoisotopic (exact) mass is 323 g/mol. The highest BCUT2D eigenvalue weighted by Crippen LogP contribution is 2.21. The lowest BCUT2D eigenvalue weighted by atomic mass is 10.1. The SMILES string of the molecule is Cc1nn(C)c(C)c1[C@H](C)NC(=O)c1cccc(-n2ccnc2)c1. The molecule has 0 aliphatic rings. The molecule has 24 heavy (non-hydrogen) atoms. The normalized spacial score (nSPS) is 12.2. The number of aryl methyl sites for hydroxylation is 2. The van der Waals surface area contributed by atoms with Gasteiger partial charge in [-0.2, -0.15) is 5.10 Å². The molecule has 1 N–H and O–H groups in total. The Morgan fingerprint density at radius 1 is 1.29 bits per heavy atom. The molecular weight excluding hydrogens is 302 g/mol. The van der Waals surface area contributed by atoms with E-state index in [1.54, 1.807) is 12.5 Å². The molecule has 0 fully saturated rings. The van der Waals surface area contributed by atoms with E-state index in [9.17, 15) is 4.79 Å². The zero-order chi connectivity index (χ0) is 17.3. The van der Waals surface area contributed by atoms with Crippen LogP contribution in [-0.4, -0.2) is 25.2 Å². The second kappa shape index (κ2) is 6.31. The van der Waals surface area contributed by atoms with E-state index in [4.69, 9.17) is 0 Å². The lowest BCUT2D eigenvalue weighted by molar-refractivity contribution is 0.0939. The molecule has 2 aromatic heterocycles. The number of carbonyl (C=O) groups excluding carboxylic acids is 1. The molecule has 0 saturated carbocycles. The number of hydrogen-bond acceptors (Lipinski definition) is 3. The predicted molar refractivity (Wildman–Crippen MR) is 92.1 cm³/mol. The number of benzene rings is 1. The minimum atomic E-state index is -0.108. The minimum Gasteiger partial charge on any atom is -0.345 e. The summed E-state index contributed by atoms with van der Waals surface area (Å²) >= 11 is 0. The van der Waals surface area contributed by atoms with Gasteiger partial charge < -0.3 is 9.88 Å². The molecular formula is C18H21N5O. The fourth-order valence-corrected chi connectivity index (χ4v) is 2.99. The third-order valence-corrected chi connectivity index (χ3v) is 4.26. The molecule has 0 spiro atoms. The van der Waals surface area contributed by atoms with Crippen molar-refractivity contribution in [1.29, 1.82) is 0 Å². The van der Waals surface area contributed by atoms with Gasteiger partial charge in [-0.3, -0.25) is 9.48 Å². The van der Waals surface area contributed by atoms with E-state index in [-0.39, 0.29) is 11.9 Å². The van der Waals surface area contributed by atoms with Gasteiger partial charge in [-0.05, 0) is 39.0 Å². The van der Waals surface area contributed by atoms with E-state index in [1.165, 1.54) is 0 Å². The number of hydrogen-bond donors (Lipinski definition) is 1. The van der Waals surface area contributed by atoms with Crippen LogP contribution in [-0.2, 0) is 7.05 Å². The van der Waals surface area contributed by atoms with Crippen LogP contribution in [0.5, 0.6) is 0 Å². The molecule has 3 rings (SSSR count). The lowest BCUT2D eigenvalue weighted by Gasteiger charge is -2.15. The van der Waals surface area contributed by atoms with Gasteiger partial charge in [0.15, 0.2) is 0 Å². The summed E-state index contributed by atoms with van der Waals surface area (Å²) in [4.78, 5) is 16.7. The number of imidazole rings is 1. The zero-order valence-electron chi connectivity index (χ0n) is 14.3. The third kappa shape index (κ3) is 2.95. The van der Waals surface area contributed by atoms with Crippen LogP contribution >= 0.6 is 0 Å². The number of aromatic nitrogens is 4. The molecule has 0 bridgehead atoms. The van der Waals surface area contributed by atoms with Gasteiger partial charge in [0.2, 0.25) is 0 Å². The van der Waals surface area contributed by atoms with Gasteiger partial charge in [0, 0.05) is 41.9 Å². The molecule has 3 aromatic rings. The summed E-state index contributed by atoms with van der Waals surface area (Å²) in [6, 6.07) is 7.37. The van der Waals surface area contributed by atoms with Gasteiger partial charge in [0.05, 0.1) is 18.1 Å². The number of carbonyl (C=O) groups is 1. The third-order valence-electron chi connectivity index (χ3n) is 4.26. The molecule has 0 aliphatic heterocycles. The average molecular weight is 323 g/mol. The van der Waals surface area contributed by atoms with Gasteiger partial charge in [-0.1, -0.05) is 6.07 Å². The van der Waals surface area contributed by atoms with E-state index in [2.05, 4.69) is 15.4 Å². The number of nitrogens with zero attached hydrogens (tertiary/aromatic N) is 4. The number of amides is 1. The van der Waals surface area contributed by atoms with E-state index in [1.807, 2.05) is 67.5 Å². The van der Waals surface area contributed by atoms with E-state index in [0.29, 0.717) is 5.56 Å². The van der Waals surface area contributed by atoms with Crippen molar-refractivity contribution in [1.82, 2.24) is 24.6 Å². The maximum atomic E-state index is 12.6. The van der Waals surface area contributed by atoms with Crippen LogP contribution in [0.1, 0.15) is 40.3 Å². The second-order valence-electron chi connectivity index (χ2n) is 5.92. The molecule has 0 saturated heterocycles. The molecule has 124 valence electrons. The Morgan fingerprint density at radius 2 is 2.08 bits per heavy atom. The molecule has 0 aliphatic carbocycles. The van der Waals surface area contributed by atoms with Crippen LogP contribution in [0.15, 0.2) is 43.0 Å². The summed E-state index contributed by atoms with van der Waals surface area (Å²) in [6.07, 6.45) is 5.27. The summed E-state index contributed by atoms with van der Waals surface area (Å²) in [7, 11) is 1.91. The van der Waals surface area contributed by atoms with Crippen LogP contribution in [0.3, 0.4) is 0 Å². The highest BCUT2D eigenvalue weighted by atomic mass is 16.1. The first-order valence-electron chi connectivity index (χ1n) is 7.86. The van der Waals surface area contributed by atoms with Gasteiger partial charge in [0.1, 0.15) is 0 Å². The van der Waals surface area contributed by atoms with Crippen molar-refractivity contribution in [3.05, 3.63) is 65.5 Å². The highest BCUT2D eigenvalue weighted by Gasteiger charge is 2.19. The Bertz CT molecular complexity index is 864. The first-order chi connectivity index (χ1) is 11.5. The quantitative estimate of drug-likeness (QED) is 0.803. The van der Waals surface area contributed by atoms with Crippen LogP contribution in [0.25, 0.3) is 5.69 Å². The maximum Gasteiger partial charge on any atom is 0.251 e. The Labute approximate surface area is 141 Å². The molecule has 6 heteroatoms. The van der Waals surface area contributed by atoms with Crippen LogP contribution in [0.4, 0.5) is 0 Å². The molecule has 0 unspecified atom stereocenters. The predicted octanol–water partition coefficient (Wildman–Crippen LogP) is 2.71. The lowest BCUT2D eigenvalue weighted by Crippen LogP contribution is -2.27. The Morgan fingerprint density at radius 3 is 2.71 bits per heavy atom. The van der Waals surface area contributed by atoms with Crippen molar-refractivity contribution < 1.29 is 4.79 Å². The Balaban J connectivity index is 1.81. The summed E-state index contributed by atoms with van der Waals surface area (Å²) < 4.78 is 3.71. The van der Waals surface area contributed by atoms with Gasteiger partial charge >= 0.3 is 0 Å². The van der Waals surface area contributed by atoms with Gasteiger partial charge in [-0.15, -0.1) is 0 Å². The Hall–Kier alpha value is -2.89. The first kappa shape index (κ1) is 16.0. The number of nitrogens with one attached hydrogen (secondary N) is 1. The summed E-state index contributed by atoms with van der Waals surface area (Å²) in [6.45, 7) is 5.96. The van der Waals surface area contributed by atoms with Crippen molar-refractivity contribution in [2.45, 2.75) is 26.8 Å². The highest BCUT2D eigenvalue weighted by molar-refractivity contribution is 5.95.